The van der Waals surface area contributed by atoms with E-state index in [1.807, 2.05) is 42.6 Å². The minimum atomic E-state index is 0.264. The Morgan fingerprint density at radius 2 is 2.05 bits per heavy atom. The molecule has 3 nitrogen and oxygen atoms in total. The van der Waals surface area contributed by atoms with Gasteiger partial charge in [0.2, 0.25) is 0 Å². The predicted molar refractivity (Wildman–Crippen MR) is 72.9 cm³/mol. The summed E-state index contributed by atoms with van der Waals surface area (Å²) in [6.07, 6.45) is 4.67. The summed E-state index contributed by atoms with van der Waals surface area (Å²) in [6, 6.07) is 12.1. The molecule has 0 aliphatic heterocycles. The molecule has 1 aliphatic carbocycles. The van der Waals surface area contributed by atoms with Gasteiger partial charge in [0.25, 0.3) is 0 Å². The van der Waals surface area contributed by atoms with Gasteiger partial charge in [-0.05, 0) is 35.4 Å². The van der Waals surface area contributed by atoms with E-state index in [0.717, 1.165) is 17.7 Å². The third-order valence-corrected chi connectivity index (χ3v) is 3.57. The number of aliphatic hydroxyl groups is 1. The first kappa shape index (κ1) is 12.2. The highest BCUT2D eigenvalue weighted by Crippen LogP contribution is 2.47. The zero-order chi connectivity index (χ0) is 13.1. The molecule has 3 rings (SSSR count). The number of hydrogen-bond acceptors (Lipinski definition) is 3. The minimum absolute atomic E-state index is 0.264. The van der Waals surface area contributed by atoms with E-state index >= 15 is 0 Å². The molecule has 1 N–H and O–H groups in total. The molecule has 1 aromatic carbocycles. The van der Waals surface area contributed by atoms with Crippen LogP contribution in [0.2, 0.25) is 0 Å². The van der Waals surface area contributed by atoms with Crippen molar-refractivity contribution in [2.45, 2.75) is 18.9 Å². The van der Waals surface area contributed by atoms with E-state index in [1.165, 1.54) is 5.56 Å². The van der Waals surface area contributed by atoms with Crippen LogP contribution in [0, 0.1) is 5.92 Å². The molecule has 3 heteroatoms. The zero-order valence-electron chi connectivity index (χ0n) is 10.7. The van der Waals surface area contributed by atoms with Gasteiger partial charge in [-0.15, -0.1) is 0 Å². The summed E-state index contributed by atoms with van der Waals surface area (Å²) < 4.78 is 5.75. The molecule has 1 aliphatic rings. The summed E-state index contributed by atoms with van der Waals surface area (Å²) in [6.45, 7) is 0.819. The summed E-state index contributed by atoms with van der Waals surface area (Å²) >= 11 is 0. The van der Waals surface area contributed by atoms with Gasteiger partial charge in [-0.25, -0.2) is 0 Å². The molecule has 1 heterocycles. The number of nitrogens with zero attached hydrogens (tertiary/aromatic N) is 1. The fourth-order valence-electron chi connectivity index (χ4n) is 2.32. The van der Waals surface area contributed by atoms with E-state index in [-0.39, 0.29) is 6.61 Å². The number of ether oxygens (including phenoxy) is 1. The number of benzene rings is 1. The van der Waals surface area contributed by atoms with Gasteiger partial charge in [-0.1, -0.05) is 30.3 Å². The zero-order valence-corrected chi connectivity index (χ0v) is 10.7. The quantitative estimate of drug-likeness (QED) is 0.893. The molecule has 0 saturated heterocycles. The van der Waals surface area contributed by atoms with Crippen LogP contribution in [0.3, 0.4) is 0 Å². The molecule has 2 aromatic rings. The van der Waals surface area contributed by atoms with E-state index in [1.54, 1.807) is 6.20 Å². The van der Waals surface area contributed by atoms with Crippen LogP contribution < -0.4 is 4.74 Å². The molecule has 19 heavy (non-hydrogen) atoms. The Morgan fingerprint density at radius 3 is 2.79 bits per heavy atom. The monoisotopic (exact) mass is 255 g/mol. The highest BCUT2D eigenvalue weighted by Gasteiger charge is 2.37. The first-order valence-corrected chi connectivity index (χ1v) is 6.59. The highest BCUT2D eigenvalue weighted by atomic mass is 16.5. The van der Waals surface area contributed by atoms with Crippen molar-refractivity contribution in [2.75, 3.05) is 6.61 Å². The summed E-state index contributed by atoms with van der Waals surface area (Å²) in [5.41, 5.74) is 2.32. The predicted octanol–water partition coefficient (Wildman–Crippen LogP) is 2.76. The molecule has 0 unspecified atom stereocenters. The first-order valence-electron chi connectivity index (χ1n) is 6.59. The van der Waals surface area contributed by atoms with Crippen LogP contribution in [0.4, 0.5) is 0 Å². The molecule has 1 saturated carbocycles. The second-order valence-electron chi connectivity index (χ2n) is 5.01. The molecule has 98 valence electrons. The summed E-state index contributed by atoms with van der Waals surface area (Å²) in [7, 11) is 0. The van der Waals surface area contributed by atoms with Crippen LogP contribution in [0.25, 0.3) is 0 Å². The number of aliphatic hydroxyl groups excluding tert-OH is 1. The van der Waals surface area contributed by atoms with Crippen molar-refractivity contribution in [1.29, 1.82) is 0 Å². The Hall–Kier alpha value is -1.87. The molecule has 0 amide bonds. The highest BCUT2D eigenvalue weighted by molar-refractivity contribution is 5.30. The van der Waals surface area contributed by atoms with Gasteiger partial charge in [0.1, 0.15) is 12.4 Å². The van der Waals surface area contributed by atoms with E-state index in [2.05, 4.69) is 4.98 Å². The maximum absolute atomic E-state index is 9.11. The van der Waals surface area contributed by atoms with Crippen molar-refractivity contribution in [3.8, 4) is 5.75 Å². The van der Waals surface area contributed by atoms with Crippen molar-refractivity contribution in [3.63, 3.8) is 0 Å². The molecule has 0 bridgehead atoms. The van der Waals surface area contributed by atoms with Gasteiger partial charge >= 0.3 is 0 Å². The lowest BCUT2D eigenvalue weighted by atomic mass is 10.1. The number of pyridine rings is 1. The molecule has 1 aromatic heterocycles. The van der Waals surface area contributed by atoms with Crippen LogP contribution >= 0.6 is 0 Å². The summed E-state index contributed by atoms with van der Waals surface area (Å²) in [5, 5.41) is 9.11. The normalized spacial score (nSPS) is 21.1. The standard InChI is InChI=1S/C16H17NO2/c18-10-14-7-16(14)13-6-15(9-17-8-13)19-11-12-4-2-1-3-5-12/h1-6,8-9,14,16,18H,7,10-11H2/t14-,16-/m0/s1. The van der Waals surface area contributed by atoms with E-state index in [9.17, 15) is 0 Å². The third-order valence-electron chi connectivity index (χ3n) is 3.57. The second-order valence-corrected chi connectivity index (χ2v) is 5.01. The van der Waals surface area contributed by atoms with Crippen LogP contribution in [0.15, 0.2) is 48.8 Å². The lowest BCUT2D eigenvalue weighted by Gasteiger charge is -2.07. The van der Waals surface area contributed by atoms with Gasteiger partial charge in [-0.3, -0.25) is 4.98 Å². The lowest BCUT2D eigenvalue weighted by Crippen LogP contribution is -1.97. The Labute approximate surface area is 112 Å². The van der Waals surface area contributed by atoms with Gasteiger partial charge in [-0.2, -0.15) is 0 Å². The minimum Gasteiger partial charge on any atom is -0.487 e. The number of hydrogen-bond donors (Lipinski definition) is 1. The Bertz CT molecular complexity index is 541. The lowest BCUT2D eigenvalue weighted by molar-refractivity contribution is 0.273. The largest absolute Gasteiger partial charge is 0.487 e. The average molecular weight is 255 g/mol. The van der Waals surface area contributed by atoms with Crippen molar-refractivity contribution in [1.82, 2.24) is 4.98 Å². The molecule has 0 spiro atoms. The van der Waals surface area contributed by atoms with Crippen molar-refractivity contribution >= 4 is 0 Å². The van der Waals surface area contributed by atoms with Gasteiger partial charge in [0, 0.05) is 12.8 Å². The topological polar surface area (TPSA) is 42.4 Å². The Balaban J connectivity index is 1.64. The molecular formula is C16H17NO2. The fraction of sp³-hybridized carbons (Fsp3) is 0.312. The van der Waals surface area contributed by atoms with Crippen LogP contribution in [-0.2, 0) is 6.61 Å². The van der Waals surface area contributed by atoms with Crippen molar-refractivity contribution in [2.24, 2.45) is 5.92 Å². The average Bonchev–Trinajstić information content (AvgIpc) is 3.26. The van der Waals surface area contributed by atoms with E-state index in [4.69, 9.17) is 9.84 Å². The fourth-order valence-corrected chi connectivity index (χ4v) is 2.32. The van der Waals surface area contributed by atoms with Crippen LogP contribution in [0.1, 0.15) is 23.5 Å². The van der Waals surface area contributed by atoms with E-state index in [0.29, 0.717) is 18.4 Å². The Kier molecular flexibility index (Phi) is 3.47. The maximum atomic E-state index is 9.11. The van der Waals surface area contributed by atoms with E-state index < -0.39 is 0 Å². The molecule has 2 atom stereocenters. The van der Waals surface area contributed by atoms with Gasteiger partial charge in [0.15, 0.2) is 0 Å². The Morgan fingerprint density at radius 1 is 1.21 bits per heavy atom. The summed E-state index contributed by atoms with van der Waals surface area (Å²) in [4.78, 5) is 4.22. The first-order chi connectivity index (χ1) is 9.36. The molecular weight excluding hydrogens is 238 g/mol. The number of rotatable bonds is 5. The molecule has 0 radical (unpaired) electrons. The van der Waals surface area contributed by atoms with Crippen LogP contribution in [0.5, 0.6) is 5.75 Å². The SMILES string of the molecule is OC[C@@H]1C[C@H]1c1cncc(OCc2ccccc2)c1. The summed E-state index contributed by atoms with van der Waals surface area (Å²) in [5.74, 6) is 1.66. The second kappa shape index (κ2) is 5.41. The number of aromatic nitrogens is 1. The third kappa shape index (κ3) is 2.93. The van der Waals surface area contributed by atoms with Crippen molar-refractivity contribution in [3.05, 3.63) is 59.9 Å². The van der Waals surface area contributed by atoms with Gasteiger partial charge < -0.3 is 9.84 Å². The van der Waals surface area contributed by atoms with Crippen molar-refractivity contribution < 1.29 is 9.84 Å². The van der Waals surface area contributed by atoms with Crippen LogP contribution in [-0.4, -0.2) is 16.7 Å². The molecule has 1 fully saturated rings. The van der Waals surface area contributed by atoms with Gasteiger partial charge in [0.05, 0.1) is 6.20 Å². The smallest absolute Gasteiger partial charge is 0.138 e. The maximum Gasteiger partial charge on any atom is 0.138 e.